The number of carbonyl (C=O) groups is 17. The fourth-order valence-corrected chi connectivity index (χ4v) is 9.95. The Kier molecular flexibility index (Phi) is 42.5. The molecule has 0 aliphatic heterocycles. The summed E-state index contributed by atoms with van der Waals surface area (Å²) < 4.78 is 0. The molecule has 0 radical (unpaired) electrons. The van der Waals surface area contributed by atoms with Crippen LogP contribution in [0.25, 0.3) is 0 Å². The highest BCUT2D eigenvalue weighted by atomic mass is 32.1. The second kappa shape index (κ2) is 49.7. The molecule has 44 nitrogen and oxygen atoms in total. The number of guanidine groups is 2. The van der Waals surface area contributed by atoms with Crippen molar-refractivity contribution in [1.29, 1.82) is 10.8 Å². The van der Waals surface area contributed by atoms with E-state index in [-0.39, 0.29) is 75.0 Å². The van der Waals surface area contributed by atoms with Crippen LogP contribution in [0.1, 0.15) is 90.7 Å². The van der Waals surface area contributed by atoms with Crippen LogP contribution < -0.4 is 113 Å². The molecule has 0 spiro atoms. The van der Waals surface area contributed by atoms with Crippen molar-refractivity contribution in [3.05, 3.63) is 59.7 Å². The fourth-order valence-electron chi connectivity index (χ4n) is 9.69. The van der Waals surface area contributed by atoms with E-state index in [2.05, 4.69) is 103 Å². The van der Waals surface area contributed by atoms with Gasteiger partial charge in [-0.25, -0.2) is 0 Å². The number of nitrogens with one attached hydrogen (secondary N) is 19. The van der Waals surface area contributed by atoms with Crippen molar-refractivity contribution in [1.82, 2.24) is 90.4 Å². The van der Waals surface area contributed by atoms with Gasteiger partial charge in [0.05, 0.1) is 45.4 Å². The molecule has 111 heavy (non-hydrogen) atoms. The highest BCUT2D eigenvalue weighted by molar-refractivity contribution is 7.80. The smallest absolute Gasteiger partial charge is 0.303 e. The first-order valence-corrected chi connectivity index (χ1v) is 35.4. The maximum Gasteiger partial charge on any atom is 0.303 e. The van der Waals surface area contributed by atoms with E-state index in [0.29, 0.717) is 17.5 Å². The number of primary amides is 1. The highest BCUT2D eigenvalue weighted by Crippen LogP contribution is 2.15. The molecular formula is C66H103N23O21S. The Hall–Kier alpha value is -12.2. The lowest BCUT2D eigenvalue weighted by molar-refractivity contribution is -0.138. The maximum absolute atomic E-state index is 13.9. The van der Waals surface area contributed by atoms with Crippen molar-refractivity contribution in [2.75, 3.05) is 58.2 Å². The zero-order valence-corrected chi connectivity index (χ0v) is 62.7. The van der Waals surface area contributed by atoms with Crippen LogP contribution in [0, 0.1) is 16.7 Å². The van der Waals surface area contributed by atoms with Crippen LogP contribution in [0.4, 0.5) is 0 Å². The number of aliphatic hydroxyl groups excluding tert-OH is 1. The van der Waals surface area contributed by atoms with Gasteiger partial charge < -0.3 is 134 Å². The topological polar surface area (TPSA) is 727 Å². The van der Waals surface area contributed by atoms with Gasteiger partial charge in [-0.3, -0.25) is 92.3 Å². The van der Waals surface area contributed by atoms with Crippen molar-refractivity contribution in [2.24, 2.45) is 28.9 Å². The van der Waals surface area contributed by atoms with Crippen molar-refractivity contribution >= 4 is 125 Å². The van der Waals surface area contributed by atoms with Crippen LogP contribution in [-0.2, 0) is 94.3 Å². The summed E-state index contributed by atoms with van der Waals surface area (Å²) in [6.07, 6.45) is -1.35. The van der Waals surface area contributed by atoms with Gasteiger partial charge in [0.15, 0.2) is 11.9 Å². The van der Waals surface area contributed by atoms with E-state index >= 15 is 0 Å². The average Bonchev–Trinajstić information content (AvgIpc) is 0.861. The molecule has 0 aromatic heterocycles. The predicted octanol–water partition coefficient (Wildman–Crippen LogP) is -10.5. The molecule has 0 heterocycles. The van der Waals surface area contributed by atoms with Crippen LogP contribution in [0.5, 0.6) is 11.5 Å². The number of hydrogen-bond acceptors (Lipinski definition) is 24. The van der Waals surface area contributed by atoms with Gasteiger partial charge in [0.2, 0.25) is 94.5 Å². The van der Waals surface area contributed by atoms with Crippen LogP contribution >= 0.6 is 12.6 Å². The van der Waals surface area contributed by atoms with Crippen LogP contribution in [-0.4, -0.2) is 257 Å². The molecule has 0 fully saturated rings. The SMILES string of the molecule is CC(C)C[C@H](N)C(=O)N[C@@H](Cc1ccc(O)cc1)C(=O)N[C@@H](CCCNC(=N)N)C(=O)N[C@@H](C)C(=O)NCC(=O)N[C@@H](C)C(=O)NCC(=O)NCC(=O)NCC(=O)NCC(=O)N[C@@H](CS)C(=O)N[C@@H](CCCNC(=N)N)C(=O)N[C@@H](C)C(=O)N[C@@H](CCC(=O)O)C(=O)N[C@@H](Cc1ccc(O)cc1)C(=O)N[C@@H](CO)C(N)=O. The molecule has 31 N–H and O–H groups in total. The Morgan fingerprint density at radius 1 is 0.396 bits per heavy atom. The number of carboxylic acid groups (broad SMARTS) is 1. The first kappa shape index (κ1) is 94.9. The minimum absolute atomic E-state index is 0.00681. The number of hydrogen-bond donors (Lipinski definition) is 28. The number of rotatable bonds is 50. The number of thiol groups is 1. The van der Waals surface area contributed by atoms with E-state index in [0.717, 1.165) is 0 Å². The molecular weight excluding hydrogens is 1480 g/mol. The molecule has 11 atom stereocenters. The molecule has 2 aromatic carbocycles. The third-order valence-electron chi connectivity index (χ3n) is 15.7. The summed E-state index contributed by atoms with van der Waals surface area (Å²) in [5.41, 5.74) is 23.0. The van der Waals surface area contributed by atoms with E-state index in [1.165, 1.54) is 69.3 Å². The lowest BCUT2D eigenvalue weighted by Gasteiger charge is -2.26. The van der Waals surface area contributed by atoms with Gasteiger partial charge in [-0.2, -0.15) is 12.6 Å². The number of benzene rings is 2. The number of carbonyl (C=O) groups excluding carboxylic acids is 16. The van der Waals surface area contributed by atoms with E-state index in [4.69, 9.17) is 33.8 Å². The average molecular weight is 1590 g/mol. The Bertz CT molecular complexity index is 3600. The van der Waals surface area contributed by atoms with Gasteiger partial charge in [0.25, 0.3) is 0 Å². The molecule has 0 bridgehead atoms. The maximum atomic E-state index is 13.9. The molecule has 0 saturated heterocycles. The zero-order chi connectivity index (χ0) is 83.6. The third kappa shape index (κ3) is 39.0. The number of amides is 16. The number of aliphatic carboxylic acids is 1. The lowest BCUT2D eigenvalue weighted by atomic mass is 10.0. The Balaban J connectivity index is 1.94. The largest absolute Gasteiger partial charge is 0.508 e. The van der Waals surface area contributed by atoms with Crippen LogP contribution in [0.15, 0.2) is 48.5 Å². The van der Waals surface area contributed by atoms with Crippen molar-refractivity contribution in [3.63, 3.8) is 0 Å². The lowest BCUT2D eigenvalue weighted by Crippen LogP contribution is -2.60. The fraction of sp³-hybridized carbons (Fsp3) is 0.530. The normalized spacial score (nSPS) is 13.7. The summed E-state index contributed by atoms with van der Waals surface area (Å²) >= 11 is 4.12. The van der Waals surface area contributed by atoms with Gasteiger partial charge >= 0.3 is 5.97 Å². The van der Waals surface area contributed by atoms with E-state index in [1.807, 2.05) is 13.8 Å². The second-order valence-corrected chi connectivity index (χ2v) is 26.0. The Morgan fingerprint density at radius 3 is 1.14 bits per heavy atom. The van der Waals surface area contributed by atoms with Crippen molar-refractivity contribution < 1.29 is 102 Å². The monoisotopic (exact) mass is 1590 g/mol. The molecule has 0 saturated carbocycles. The minimum Gasteiger partial charge on any atom is -0.508 e. The molecule has 45 heteroatoms. The molecule has 16 amide bonds. The summed E-state index contributed by atoms with van der Waals surface area (Å²) in [4.78, 5) is 222. The molecule has 2 rings (SSSR count). The molecule has 0 aliphatic rings. The first-order valence-electron chi connectivity index (χ1n) is 34.8. The summed E-state index contributed by atoms with van der Waals surface area (Å²) in [6.45, 7) is 2.96. The number of aliphatic hydroxyl groups is 1. The molecule has 614 valence electrons. The highest BCUT2D eigenvalue weighted by Gasteiger charge is 2.35. The second-order valence-electron chi connectivity index (χ2n) is 25.6. The number of phenolic OH excluding ortho intramolecular Hbond substituents is 2. The van der Waals surface area contributed by atoms with Gasteiger partial charge in [0, 0.05) is 38.1 Å². The van der Waals surface area contributed by atoms with Crippen LogP contribution in [0.3, 0.4) is 0 Å². The van der Waals surface area contributed by atoms with Crippen molar-refractivity contribution in [3.8, 4) is 11.5 Å². The number of nitrogens with two attached hydrogens (primary N) is 4. The Morgan fingerprint density at radius 2 is 0.730 bits per heavy atom. The minimum atomic E-state index is -1.69. The molecule has 0 aliphatic carbocycles. The van der Waals surface area contributed by atoms with Gasteiger partial charge in [-0.15, -0.1) is 0 Å². The van der Waals surface area contributed by atoms with Crippen LogP contribution in [0.2, 0.25) is 0 Å². The summed E-state index contributed by atoms with van der Waals surface area (Å²) in [7, 11) is 0. The zero-order valence-electron chi connectivity index (χ0n) is 61.8. The number of carboxylic acids is 1. The third-order valence-corrected chi connectivity index (χ3v) is 16.1. The van der Waals surface area contributed by atoms with Gasteiger partial charge in [0.1, 0.15) is 71.9 Å². The first-order chi connectivity index (χ1) is 52.2. The van der Waals surface area contributed by atoms with E-state index in [9.17, 15) is 102 Å². The molecule has 0 unspecified atom stereocenters. The summed E-state index contributed by atoms with van der Waals surface area (Å²) in [5.74, 6) is -17.7. The van der Waals surface area contributed by atoms with Gasteiger partial charge in [-0.05, 0) is 101 Å². The van der Waals surface area contributed by atoms with E-state index < -0.39 is 231 Å². The molecule has 2 aromatic rings. The summed E-state index contributed by atoms with van der Waals surface area (Å²) in [5, 5.41) is 93.7. The van der Waals surface area contributed by atoms with Crippen molar-refractivity contribution in [2.45, 2.75) is 159 Å². The standard InChI is InChI=1S/C66H103N23O21S/c1-32(2)22-40(67)58(104)87-44(23-36-10-14-38(91)15-11-36)62(108)85-41(8-6-20-73-65(69)70)59(105)81-34(4)56(102)79-29-51(96)80-33(3)55(101)78-27-50(95)76-25-48(93)75-26-49(94)77-28-52(97)83-47(31-111)64(110)86-42(9-7-21-74-66(71)72)60(106)82-35(5)57(103)84-43(18-19-53(98)99)61(107)88-45(24-37-12-16-39(92)17-13-37)63(109)89-46(30-90)54(68)100/h10-17,32-35,40-47,90-92,111H,6-9,18-31,67H2,1-5H3,(H2,68,100)(H,75,93)(H,76,95)(H,77,94)(H,78,101)(H,79,102)(H,80,96)(H,81,105)(H,82,106)(H,83,97)(H,84,103)(H,85,108)(H,86,110)(H,87,104)(H,88,107)(H,89,109)(H,98,99)(H4,69,70,73)(H4,71,72,74)/t33-,34-,35-,40-,41-,42-,43-,44-,45-,46-,47-/m0/s1. The van der Waals surface area contributed by atoms with Gasteiger partial charge in [-0.1, -0.05) is 38.1 Å². The quantitative estimate of drug-likeness (QED) is 0.0127. The Labute approximate surface area is 642 Å². The number of phenols is 2. The van der Waals surface area contributed by atoms with E-state index in [1.54, 1.807) is 0 Å². The summed E-state index contributed by atoms with van der Waals surface area (Å²) in [6, 6.07) is -4.33. The number of aromatic hydroxyl groups is 2. The predicted molar refractivity (Wildman–Crippen MR) is 398 cm³/mol.